The summed E-state index contributed by atoms with van der Waals surface area (Å²) in [6.07, 6.45) is 3.36. The van der Waals surface area contributed by atoms with Crippen LogP contribution in [-0.4, -0.2) is 60.0 Å². The molecule has 1 heterocycles. The highest BCUT2D eigenvalue weighted by Gasteiger charge is 2.45. The average molecular weight is 529 g/mol. The number of piperidine rings is 1. The van der Waals surface area contributed by atoms with Crippen molar-refractivity contribution in [2.45, 2.75) is 69.6 Å². The van der Waals surface area contributed by atoms with Gasteiger partial charge in [0.05, 0.1) is 11.7 Å². The molecule has 2 fully saturated rings. The van der Waals surface area contributed by atoms with E-state index in [1.807, 2.05) is 19.1 Å². The van der Waals surface area contributed by atoms with Gasteiger partial charge < -0.3 is 30.3 Å². The first-order chi connectivity index (χ1) is 18.2. The third-order valence-corrected chi connectivity index (χ3v) is 8.17. The van der Waals surface area contributed by atoms with E-state index < -0.39 is 23.6 Å². The Morgan fingerprint density at radius 1 is 1.18 bits per heavy atom. The Morgan fingerprint density at radius 2 is 1.95 bits per heavy atom. The number of halogens is 1. The fourth-order valence-corrected chi connectivity index (χ4v) is 5.95. The van der Waals surface area contributed by atoms with E-state index in [0.29, 0.717) is 63.1 Å². The van der Waals surface area contributed by atoms with Crippen LogP contribution in [0.1, 0.15) is 56.1 Å². The van der Waals surface area contributed by atoms with Gasteiger partial charge >= 0.3 is 0 Å². The molecule has 38 heavy (non-hydrogen) atoms. The maximum absolute atomic E-state index is 15.3. The molecule has 2 aromatic carbocycles. The van der Waals surface area contributed by atoms with E-state index in [1.54, 1.807) is 36.3 Å². The van der Waals surface area contributed by atoms with Gasteiger partial charge in [-0.3, -0.25) is 4.79 Å². The summed E-state index contributed by atoms with van der Waals surface area (Å²) >= 11 is 0. The van der Waals surface area contributed by atoms with Crippen LogP contribution in [0.25, 0.3) is 0 Å². The lowest BCUT2D eigenvalue weighted by Gasteiger charge is -2.44. The summed E-state index contributed by atoms with van der Waals surface area (Å²) in [6.45, 7) is 3.47. The maximum Gasteiger partial charge on any atom is 0.225 e. The number of para-hydroxylation sites is 1. The Kier molecular flexibility index (Phi) is 9.41. The minimum absolute atomic E-state index is 0.0129. The molecule has 0 bridgehead atoms. The number of nitrogens with zero attached hydrogens (tertiary/aromatic N) is 1. The number of ether oxygens (including phenoxy) is 2. The van der Waals surface area contributed by atoms with Crippen molar-refractivity contribution in [3.05, 3.63) is 59.4 Å². The Balaban J connectivity index is 1.63. The number of rotatable bonds is 10. The second-order valence-electron chi connectivity index (χ2n) is 10.9. The Morgan fingerprint density at radius 3 is 2.63 bits per heavy atom. The highest BCUT2D eigenvalue weighted by Crippen LogP contribution is 2.45. The molecule has 1 saturated heterocycles. The largest absolute Gasteiger partial charge is 0.454 e. The molecule has 1 amide bonds. The number of carbonyl (C=O) groups excluding carboxylic acids is 1. The third-order valence-electron chi connectivity index (χ3n) is 8.17. The molecule has 7 nitrogen and oxygen atoms in total. The van der Waals surface area contributed by atoms with Crippen molar-refractivity contribution in [1.82, 2.24) is 4.90 Å². The van der Waals surface area contributed by atoms with Crippen LogP contribution >= 0.6 is 0 Å². The summed E-state index contributed by atoms with van der Waals surface area (Å²) in [4.78, 5) is 15.2. The Bertz CT molecular complexity index is 1070. The fourth-order valence-electron chi connectivity index (χ4n) is 5.95. The van der Waals surface area contributed by atoms with Crippen LogP contribution in [0.15, 0.2) is 42.5 Å². The smallest absolute Gasteiger partial charge is 0.225 e. The number of aliphatic hydroxyl groups is 2. The van der Waals surface area contributed by atoms with Crippen LogP contribution in [0.4, 0.5) is 4.39 Å². The highest BCUT2D eigenvalue weighted by atomic mass is 19.1. The van der Waals surface area contributed by atoms with Gasteiger partial charge in [0.25, 0.3) is 0 Å². The molecule has 1 saturated carbocycles. The van der Waals surface area contributed by atoms with E-state index in [0.717, 1.165) is 18.4 Å². The first kappa shape index (κ1) is 28.5. The van der Waals surface area contributed by atoms with Crippen LogP contribution in [-0.2, 0) is 15.1 Å². The molecule has 8 heteroatoms. The van der Waals surface area contributed by atoms with E-state index in [-0.39, 0.29) is 23.5 Å². The average Bonchev–Trinajstić information content (AvgIpc) is 3.26. The number of methoxy groups -OCH3 is 1. The standard InChI is InChI=1S/C30H41FN2O5/c1-20-10-12-23(13-11-20)38-28-24(8-5-9-25(28)31)30(36,14-3-4-16-37-2)22-7-6-15-33(19-22)29(35)21-17-26(32)27(34)18-21/h5,8-13,21-22,26-27,34,36H,3-4,6-7,14-19,32H2,1-2H3. The number of unbranched alkanes of at least 4 members (excludes halogenated alkanes) is 1. The number of aryl methyl sites for hydroxylation is 1. The number of amides is 1. The summed E-state index contributed by atoms with van der Waals surface area (Å²) in [5.41, 5.74) is 6.01. The normalized spacial score (nSPS) is 25.3. The number of hydrogen-bond acceptors (Lipinski definition) is 6. The van der Waals surface area contributed by atoms with Crippen molar-refractivity contribution in [3.8, 4) is 11.5 Å². The molecule has 4 N–H and O–H groups in total. The minimum atomic E-state index is -1.42. The van der Waals surface area contributed by atoms with Crippen LogP contribution in [0.3, 0.4) is 0 Å². The lowest BCUT2D eigenvalue weighted by Crippen LogP contribution is -2.49. The first-order valence-electron chi connectivity index (χ1n) is 13.7. The molecule has 5 unspecified atom stereocenters. The molecule has 1 aliphatic carbocycles. The van der Waals surface area contributed by atoms with Gasteiger partial charge in [-0.2, -0.15) is 0 Å². The minimum Gasteiger partial charge on any atom is -0.454 e. The molecule has 2 aromatic rings. The lowest BCUT2D eigenvalue weighted by atomic mass is 9.73. The van der Waals surface area contributed by atoms with Crippen LogP contribution in [0.2, 0.25) is 0 Å². The Labute approximate surface area is 224 Å². The monoisotopic (exact) mass is 528 g/mol. The van der Waals surface area contributed by atoms with Gasteiger partial charge in [-0.05, 0) is 70.1 Å². The van der Waals surface area contributed by atoms with Gasteiger partial charge in [0.1, 0.15) is 5.75 Å². The van der Waals surface area contributed by atoms with Crippen molar-refractivity contribution < 1.29 is 28.9 Å². The van der Waals surface area contributed by atoms with Crippen LogP contribution in [0.5, 0.6) is 11.5 Å². The molecule has 5 atom stereocenters. The van der Waals surface area contributed by atoms with Crippen molar-refractivity contribution >= 4 is 5.91 Å². The molecule has 0 spiro atoms. The van der Waals surface area contributed by atoms with E-state index in [4.69, 9.17) is 15.2 Å². The summed E-state index contributed by atoms with van der Waals surface area (Å²) in [5, 5.41) is 22.5. The molecule has 1 aliphatic heterocycles. The van der Waals surface area contributed by atoms with Crippen molar-refractivity contribution in [2.24, 2.45) is 17.6 Å². The van der Waals surface area contributed by atoms with Gasteiger partial charge in [0.15, 0.2) is 11.6 Å². The summed E-state index contributed by atoms with van der Waals surface area (Å²) < 4.78 is 26.6. The maximum atomic E-state index is 15.3. The summed E-state index contributed by atoms with van der Waals surface area (Å²) in [5.74, 6) is -0.706. The van der Waals surface area contributed by atoms with Crippen molar-refractivity contribution in [3.63, 3.8) is 0 Å². The van der Waals surface area contributed by atoms with Gasteiger partial charge in [-0.25, -0.2) is 4.39 Å². The summed E-state index contributed by atoms with van der Waals surface area (Å²) in [6, 6.07) is 11.6. The predicted molar refractivity (Wildman–Crippen MR) is 143 cm³/mol. The Hall–Kier alpha value is -2.52. The lowest BCUT2D eigenvalue weighted by molar-refractivity contribution is -0.141. The molecule has 4 rings (SSSR count). The number of likely N-dealkylation sites (tertiary alicyclic amines) is 1. The molecule has 0 aromatic heterocycles. The van der Waals surface area contributed by atoms with Crippen molar-refractivity contribution in [2.75, 3.05) is 26.8 Å². The number of carbonyl (C=O) groups is 1. The second kappa shape index (κ2) is 12.6. The van der Waals surface area contributed by atoms with E-state index in [2.05, 4.69) is 0 Å². The van der Waals surface area contributed by atoms with Crippen molar-refractivity contribution in [1.29, 1.82) is 0 Å². The van der Waals surface area contributed by atoms with E-state index in [1.165, 1.54) is 6.07 Å². The highest BCUT2D eigenvalue weighted by molar-refractivity contribution is 5.79. The van der Waals surface area contributed by atoms with Gasteiger partial charge in [0.2, 0.25) is 5.91 Å². The number of aliphatic hydroxyl groups excluding tert-OH is 1. The molecule has 208 valence electrons. The SMILES string of the molecule is COCCCCC(O)(c1cccc(F)c1Oc1ccc(C)cc1)C1CCCN(C(=O)C2CC(N)C(O)C2)C1. The zero-order valence-electron chi connectivity index (χ0n) is 22.4. The number of nitrogens with two attached hydrogens (primary N) is 1. The number of hydrogen-bond donors (Lipinski definition) is 3. The molecular weight excluding hydrogens is 487 g/mol. The summed E-state index contributed by atoms with van der Waals surface area (Å²) in [7, 11) is 1.64. The second-order valence-corrected chi connectivity index (χ2v) is 10.9. The topological polar surface area (TPSA) is 105 Å². The van der Waals surface area contributed by atoms with Crippen LogP contribution in [0, 0.1) is 24.6 Å². The molecule has 2 aliphatic rings. The van der Waals surface area contributed by atoms with Gasteiger partial charge in [0, 0.05) is 50.2 Å². The molecular formula is C30H41FN2O5. The third kappa shape index (κ3) is 6.37. The zero-order valence-corrected chi connectivity index (χ0v) is 22.4. The van der Waals surface area contributed by atoms with Crippen LogP contribution < -0.4 is 10.5 Å². The van der Waals surface area contributed by atoms with Gasteiger partial charge in [-0.15, -0.1) is 0 Å². The first-order valence-corrected chi connectivity index (χ1v) is 13.7. The number of benzene rings is 2. The quantitative estimate of drug-likeness (QED) is 0.398. The molecule has 0 radical (unpaired) electrons. The fraction of sp³-hybridized carbons (Fsp3) is 0.567. The predicted octanol–water partition coefficient (Wildman–Crippen LogP) is 4.27. The van der Waals surface area contributed by atoms with Gasteiger partial charge in [-0.1, -0.05) is 29.8 Å². The zero-order chi connectivity index (χ0) is 27.3. The van der Waals surface area contributed by atoms with E-state index in [9.17, 15) is 15.0 Å². The van der Waals surface area contributed by atoms with E-state index >= 15 is 4.39 Å².